The molecule has 0 saturated heterocycles. The Kier molecular flexibility index (Phi) is 4.48. The molecule has 0 bridgehead atoms. The van der Waals surface area contributed by atoms with Crippen molar-refractivity contribution in [2.45, 2.75) is 12.1 Å². The molecule has 1 heterocycles. The summed E-state index contributed by atoms with van der Waals surface area (Å²) in [5.41, 5.74) is 1.78. The standard InChI is InChI=1S/C18H19NO4/c1-21-15-9-8-13(10-16(15)22-2)18-19-14(11-20)17(23-18)12-6-4-3-5-7-12/h3-10,14,17,20H,11H2,1-2H3/t14?,17-/m0/s1. The molecule has 0 aliphatic carbocycles. The molecule has 120 valence electrons. The molecular formula is C18H19NO4. The van der Waals surface area contributed by atoms with E-state index in [9.17, 15) is 5.11 Å². The number of ether oxygens (including phenoxy) is 3. The monoisotopic (exact) mass is 313 g/mol. The van der Waals surface area contributed by atoms with Crippen molar-refractivity contribution >= 4 is 5.90 Å². The Bertz CT molecular complexity index is 699. The lowest BCUT2D eigenvalue weighted by atomic mass is 10.0. The summed E-state index contributed by atoms with van der Waals surface area (Å²) >= 11 is 0. The van der Waals surface area contributed by atoms with Crippen LogP contribution in [0.3, 0.4) is 0 Å². The van der Waals surface area contributed by atoms with E-state index in [0.29, 0.717) is 17.4 Å². The van der Waals surface area contributed by atoms with Crippen molar-refractivity contribution in [3.63, 3.8) is 0 Å². The Balaban J connectivity index is 1.89. The van der Waals surface area contributed by atoms with E-state index >= 15 is 0 Å². The van der Waals surface area contributed by atoms with Crippen LogP contribution in [0.25, 0.3) is 0 Å². The van der Waals surface area contributed by atoms with E-state index in [0.717, 1.165) is 11.1 Å². The van der Waals surface area contributed by atoms with Crippen LogP contribution in [0, 0.1) is 0 Å². The molecule has 1 unspecified atom stereocenters. The summed E-state index contributed by atoms with van der Waals surface area (Å²) < 4.78 is 16.6. The second kappa shape index (κ2) is 6.71. The molecule has 0 amide bonds. The van der Waals surface area contributed by atoms with Gasteiger partial charge in [-0.3, -0.25) is 0 Å². The lowest BCUT2D eigenvalue weighted by Crippen LogP contribution is -2.17. The molecular weight excluding hydrogens is 294 g/mol. The van der Waals surface area contributed by atoms with Crippen LogP contribution in [-0.4, -0.2) is 37.9 Å². The van der Waals surface area contributed by atoms with Crippen molar-refractivity contribution in [2.75, 3.05) is 20.8 Å². The molecule has 3 rings (SSSR count). The fourth-order valence-corrected chi connectivity index (χ4v) is 2.63. The van der Waals surface area contributed by atoms with E-state index in [1.54, 1.807) is 14.2 Å². The number of hydrogen-bond donors (Lipinski definition) is 1. The van der Waals surface area contributed by atoms with Crippen molar-refractivity contribution < 1.29 is 19.3 Å². The summed E-state index contributed by atoms with van der Waals surface area (Å²) in [6, 6.07) is 15.0. The number of aliphatic imine (C=N–C) groups is 1. The first-order valence-corrected chi connectivity index (χ1v) is 7.39. The van der Waals surface area contributed by atoms with Crippen LogP contribution in [0.5, 0.6) is 11.5 Å². The molecule has 0 saturated carbocycles. The quantitative estimate of drug-likeness (QED) is 0.921. The summed E-state index contributed by atoms with van der Waals surface area (Å²) in [5, 5.41) is 9.61. The molecule has 0 fully saturated rings. The van der Waals surface area contributed by atoms with E-state index in [-0.39, 0.29) is 18.8 Å². The van der Waals surface area contributed by atoms with Gasteiger partial charge in [0.05, 0.1) is 20.8 Å². The number of nitrogens with zero attached hydrogens (tertiary/aromatic N) is 1. The van der Waals surface area contributed by atoms with Gasteiger partial charge in [-0.25, -0.2) is 4.99 Å². The lowest BCUT2D eigenvalue weighted by molar-refractivity contribution is 0.152. The maximum absolute atomic E-state index is 9.61. The van der Waals surface area contributed by atoms with Gasteiger partial charge in [-0.15, -0.1) is 0 Å². The molecule has 1 aliphatic rings. The number of rotatable bonds is 5. The van der Waals surface area contributed by atoms with Gasteiger partial charge in [-0.05, 0) is 23.8 Å². The van der Waals surface area contributed by atoms with Crippen LogP contribution >= 0.6 is 0 Å². The maximum atomic E-state index is 9.61. The Morgan fingerprint density at radius 2 is 1.78 bits per heavy atom. The van der Waals surface area contributed by atoms with Crippen LogP contribution < -0.4 is 9.47 Å². The SMILES string of the molecule is COc1ccc(C2=NC(CO)[C@H](c3ccccc3)O2)cc1OC. The van der Waals surface area contributed by atoms with Gasteiger partial charge in [0.15, 0.2) is 17.6 Å². The summed E-state index contributed by atoms with van der Waals surface area (Å²) in [7, 11) is 3.18. The van der Waals surface area contributed by atoms with E-state index in [2.05, 4.69) is 4.99 Å². The average Bonchev–Trinajstić information content (AvgIpc) is 3.06. The fraction of sp³-hybridized carbons (Fsp3) is 0.278. The molecule has 0 aromatic heterocycles. The van der Waals surface area contributed by atoms with Crippen LogP contribution in [0.2, 0.25) is 0 Å². The third-order valence-electron chi connectivity index (χ3n) is 3.82. The average molecular weight is 313 g/mol. The highest BCUT2D eigenvalue weighted by atomic mass is 16.5. The highest BCUT2D eigenvalue weighted by Crippen LogP contribution is 2.33. The van der Waals surface area contributed by atoms with Gasteiger partial charge >= 0.3 is 0 Å². The minimum atomic E-state index is -0.319. The number of hydrogen-bond acceptors (Lipinski definition) is 5. The summed E-state index contributed by atoms with van der Waals surface area (Å²) in [5.74, 6) is 1.76. The maximum Gasteiger partial charge on any atom is 0.217 e. The molecule has 1 N–H and O–H groups in total. The largest absolute Gasteiger partial charge is 0.493 e. The van der Waals surface area contributed by atoms with Gasteiger partial charge in [-0.1, -0.05) is 30.3 Å². The molecule has 5 heteroatoms. The van der Waals surface area contributed by atoms with Crippen LogP contribution in [0.4, 0.5) is 0 Å². The van der Waals surface area contributed by atoms with Gasteiger partial charge in [0.2, 0.25) is 5.90 Å². The number of benzene rings is 2. The number of methoxy groups -OCH3 is 2. The van der Waals surface area contributed by atoms with E-state index in [1.807, 2.05) is 48.5 Å². The number of aliphatic hydroxyl groups is 1. The van der Waals surface area contributed by atoms with E-state index in [4.69, 9.17) is 14.2 Å². The lowest BCUT2D eigenvalue weighted by Gasteiger charge is -2.16. The van der Waals surface area contributed by atoms with Gasteiger partial charge in [0.25, 0.3) is 0 Å². The summed E-state index contributed by atoms with van der Waals surface area (Å²) in [4.78, 5) is 4.51. The molecule has 0 radical (unpaired) electrons. The normalized spacial score (nSPS) is 19.9. The Labute approximate surface area is 135 Å². The van der Waals surface area contributed by atoms with Crippen LogP contribution in [0.1, 0.15) is 17.2 Å². The minimum Gasteiger partial charge on any atom is -0.493 e. The zero-order valence-corrected chi connectivity index (χ0v) is 13.1. The molecule has 0 spiro atoms. The third-order valence-corrected chi connectivity index (χ3v) is 3.82. The predicted molar refractivity (Wildman–Crippen MR) is 87.2 cm³/mol. The Hall–Kier alpha value is -2.53. The topological polar surface area (TPSA) is 60.3 Å². The van der Waals surface area contributed by atoms with Crippen molar-refractivity contribution in [1.29, 1.82) is 0 Å². The Morgan fingerprint density at radius 3 is 2.43 bits per heavy atom. The molecule has 2 aromatic rings. The van der Waals surface area contributed by atoms with E-state index < -0.39 is 0 Å². The van der Waals surface area contributed by atoms with E-state index in [1.165, 1.54) is 0 Å². The smallest absolute Gasteiger partial charge is 0.217 e. The second-order valence-electron chi connectivity index (χ2n) is 5.20. The van der Waals surface area contributed by atoms with Crippen molar-refractivity contribution in [1.82, 2.24) is 0 Å². The summed E-state index contributed by atoms with van der Waals surface area (Å²) in [6.07, 6.45) is -0.288. The van der Waals surface area contributed by atoms with Crippen LogP contribution in [0.15, 0.2) is 53.5 Å². The molecule has 23 heavy (non-hydrogen) atoms. The highest BCUT2D eigenvalue weighted by molar-refractivity contribution is 5.96. The zero-order valence-electron chi connectivity index (χ0n) is 13.1. The predicted octanol–water partition coefficient (Wildman–Crippen LogP) is 2.58. The number of aliphatic hydroxyl groups excluding tert-OH is 1. The molecule has 1 aliphatic heterocycles. The Morgan fingerprint density at radius 1 is 1.04 bits per heavy atom. The van der Waals surface area contributed by atoms with Gasteiger partial charge < -0.3 is 19.3 Å². The van der Waals surface area contributed by atoms with Crippen molar-refractivity contribution in [3.05, 3.63) is 59.7 Å². The first kappa shape index (κ1) is 15.4. The minimum absolute atomic E-state index is 0.0731. The van der Waals surface area contributed by atoms with Gasteiger partial charge in [0, 0.05) is 5.56 Å². The zero-order chi connectivity index (χ0) is 16.2. The molecule has 5 nitrogen and oxygen atoms in total. The summed E-state index contributed by atoms with van der Waals surface area (Å²) in [6.45, 7) is -0.0731. The first-order chi connectivity index (χ1) is 11.3. The van der Waals surface area contributed by atoms with Gasteiger partial charge in [-0.2, -0.15) is 0 Å². The second-order valence-corrected chi connectivity index (χ2v) is 5.20. The fourth-order valence-electron chi connectivity index (χ4n) is 2.63. The molecule has 2 aromatic carbocycles. The van der Waals surface area contributed by atoms with Crippen molar-refractivity contribution in [3.8, 4) is 11.5 Å². The van der Waals surface area contributed by atoms with Gasteiger partial charge in [0.1, 0.15) is 6.04 Å². The van der Waals surface area contributed by atoms with Crippen LogP contribution in [-0.2, 0) is 4.74 Å². The third kappa shape index (κ3) is 3.00. The highest BCUT2D eigenvalue weighted by Gasteiger charge is 2.32. The first-order valence-electron chi connectivity index (χ1n) is 7.39. The van der Waals surface area contributed by atoms with Crippen molar-refractivity contribution in [2.24, 2.45) is 4.99 Å². The molecule has 2 atom stereocenters.